The van der Waals surface area contributed by atoms with E-state index in [4.69, 9.17) is 0 Å². The van der Waals surface area contributed by atoms with Crippen LogP contribution in [0.2, 0.25) is 0 Å². The largest absolute Gasteiger partial charge is 0.416 e. The van der Waals surface area contributed by atoms with Gasteiger partial charge in [-0.1, -0.05) is 24.3 Å². The third kappa shape index (κ3) is 4.07. The van der Waals surface area contributed by atoms with Gasteiger partial charge >= 0.3 is 6.18 Å². The van der Waals surface area contributed by atoms with E-state index in [1.165, 1.54) is 30.3 Å². The van der Waals surface area contributed by atoms with Crippen LogP contribution in [0.25, 0.3) is 0 Å². The second-order valence-corrected chi connectivity index (χ2v) is 4.88. The van der Waals surface area contributed by atoms with Crippen molar-refractivity contribution < 1.29 is 22.4 Å². The topological polar surface area (TPSA) is 29.1 Å². The van der Waals surface area contributed by atoms with Crippen molar-refractivity contribution in [1.82, 2.24) is 0 Å². The van der Waals surface area contributed by atoms with Gasteiger partial charge in [-0.25, -0.2) is 4.39 Å². The Morgan fingerprint density at radius 3 is 2.55 bits per heavy atom. The maximum atomic E-state index is 13.1. The molecule has 6 heteroatoms. The van der Waals surface area contributed by atoms with Gasteiger partial charge in [0, 0.05) is 5.69 Å². The summed E-state index contributed by atoms with van der Waals surface area (Å²) in [7, 11) is 0. The number of carbonyl (C=O) groups excluding carboxylic acids is 1. The number of alkyl halides is 3. The molecule has 0 atom stereocenters. The van der Waals surface area contributed by atoms with Crippen LogP contribution >= 0.6 is 0 Å². The SMILES string of the molecule is Cc1ccc(F)cc1NC(=O)Cc1cccc(C(F)(F)F)c1. The van der Waals surface area contributed by atoms with Crippen molar-refractivity contribution in [2.45, 2.75) is 19.5 Å². The Kier molecular flexibility index (Phi) is 4.49. The van der Waals surface area contributed by atoms with Gasteiger partial charge in [-0.2, -0.15) is 13.2 Å². The lowest BCUT2D eigenvalue weighted by atomic mass is 10.1. The minimum absolute atomic E-state index is 0.222. The van der Waals surface area contributed by atoms with Gasteiger partial charge in [0.15, 0.2) is 0 Å². The minimum Gasteiger partial charge on any atom is -0.325 e. The lowest BCUT2D eigenvalue weighted by molar-refractivity contribution is -0.137. The third-order valence-corrected chi connectivity index (χ3v) is 3.09. The number of nitrogens with one attached hydrogen (secondary N) is 1. The highest BCUT2D eigenvalue weighted by Crippen LogP contribution is 2.29. The molecule has 0 saturated heterocycles. The number of amides is 1. The molecule has 0 heterocycles. The lowest BCUT2D eigenvalue weighted by Crippen LogP contribution is -2.16. The maximum Gasteiger partial charge on any atom is 0.416 e. The summed E-state index contributed by atoms with van der Waals surface area (Å²) in [6.45, 7) is 1.69. The Bertz CT molecular complexity index is 695. The summed E-state index contributed by atoms with van der Waals surface area (Å²) in [5.41, 5.74) is 0.400. The van der Waals surface area contributed by atoms with Gasteiger partial charge in [0.2, 0.25) is 5.91 Å². The highest BCUT2D eigenvalue weighted by Gasteiger charge is 2.30. The van der Waals surface area contributed by atoms with E-state index in [0.29, 0.717) is 11.3 Å². The first kappa shape index (κ1) is 16.0. The Labute approximate surface area is 124 Å². The van der Waals surface area contributed by atoms with Gasteiger partial charge in [0.05, 0.1) is 12.0 Å². The summed E-state index contributed by atoms with van der Waals surface area (Å²) in [5.74, 6) is -1.01. The zero-order valence-electron chi connectivity index (χ0n) is 11.7. The van der Waals surface area contributed by atoms with Gasteiger partial charge in [0.25, 0.3) is 0 Å². The van der Waals surface area contributed by atoms with Crippen LogP contribution < -0.4 is 5.32 Å². The van der Waals surface area contributed by atoms with E-state index >= 15 is 0 Å². The number of aryl methyl sites for hydroxylation is 1. The van der Waals surface area contributed by atoms with Crippen LogP contribution in [0, 0.1) is 12.7 Å². The van der Waals surface area contributed by atoms with Crippen LogP contribution in [0.15, 0.2) is 42.5 Å². The van der Waals surface area contributed by atoms with Crippen LogP contribution in [0.5, 0.6) is 0 Å². The smallest absolute Gasteiger partial charge is 0.325 e. The molecule has 0 radical (unpaired) electrons. The first-order valence-electron chi connectivity index (χ1n) is 6.48. The van der Waals surface area contributed by atoms with E-state index in [-0.39, 0.29) is 12.0 Å². The van der Waals surface area contributed by atoms with E-state index in [0.717, 1.165) is 12.1 Å². The average molecular weight is 311 g/mol. The molecule has 116 valence electrons. The van der Waals surface area contributed by atoms with Crippen molar-refractivity contribution in [2.75, 3.05) is 5.32 Å². The first-order valence-corrected chi connectivity index (χ1v) is 6.48. The molecule has 2 rings (SSSR count). The third-order valence-electron chi connectivity index (χ3n) is 3.09. The fraction of sp³-hybridized carbons (Fsp3) is 0.188. The Morgan fingerprint density at radius 1 is 1.14 bits per heavy atom. The molecule has 2 nitrogen and oxygen atoms in total. The molecule has 1 N–H and O–H groups in total. The molecule has 2 aromatic rings. The summed E-state index contributed by atoms with van der Waals surface area (Å²) < 4.78 is 51.0. The van der Waals surface area contributed by atoms with Crippen LogP contribution in [0.3, 0.4) is 0 Å². The molecular formula is C16H13F4NO. The summed E-state index contributed by atoms with van der Waals surface area (Å²) in [6.07, 6.45) is -4.68. The number of anilines is 1. The molecule has 0 aliphatic carbocycles. The normalized spacial score (nSPS) is 11.3. The minimum atomic E-state index is -4.45. The number of carbonyl (C=O) groups is 1. The van der Waals surface area contributed by atoms with Crippen molar-refractivity contribution in [3.8, 4) is 0 Å². The van der Waals surface area contributed by atoms with Gasteiger partial charge in [-0.15, -0.1) is 0 Å². The predicted octanol–water partition coefficient (Wildman–Crippen LogP) is 4.33. The summed E-state index contributed by atoms with van der Waals surface area (Å²) in [5, 5.41) is 2.50. The quantitative estimate of drug-likeness (QED) is 0.840. The number of hydrogen-bond donors (Lipinski definition) is 1. The molecule has 0 aliphatic heterocycles. The molecule has 0 fully saturated rings. The van der Waals surface area contributed by atoms with E-state index in [9.17, 15) is 22.4 Å². The molecule has 1 amide bonds. The maximum absolute atomic E-state index is 13.1. The van der Waals surface area contributed by atoms with Gasteiger partial charge in [0.1, 0.15) is 5.82 Å². The zero-order valence-corrected chi connectivity index (χ0v) is 11.7. The Balaban J connectivity index is 2.11. The molecule has 2 aromatic carbocycles. The fourth-order valence-corrected chi connectivity index (χ4v) is 1.97. The van der Waals surface area contributed by atoms with Crippen LogP contribution in [0.1, 0.15) is 16.7 Å². The van der Waals surface area contributed by atoms with Crippen LogP contribution in [-0.2, 0) is 17.4 Å². The number of rotatable bonds is 3. The molecule has 0 unspecified atom stereocenters. The zero-order chi connectivity index (χ0) is 16.3. The number of halogens is 4. The van der Waals surface area contributed by atoms with E-state index in [1.54, 1.807) is 6.92 Å². The Hall–Kier alpha value is -2.37. The fourth-order valence-electron chi connectivity index (χ4n) is 1.97. The molecule has 0 saturated carbocycles. The molecular weight excluding hydrogens is 298 g/mol. The van der Waals surface area contributed by atoms with Crippen LogP contribution in [0.4, 0.5) is 23.2 Å². The number of hydrogen-bond acceptors (Lipinski definition) is 1. The summed E-state index contributed by atoms with van der Waals surface area (Å²) in [6, 6.07) is 8.49. The van der Waals surface area contributed by atoms with Crippen molar-refractivity contribution in [3.63, 3.8) is 0 Å². The van der Waals surface area contributed by atoms with Crippen molar-refractivity contribution in [3.05, 3.63) is 65.0 Å². The monoisotopic (exact) mass is 311 g/mol. The van der Waals surface area contributed by atoms with E-state index in [2.05, 4.69) is 5.32 Å². The predicted molar refractivity (Wildman–Crippen MR) is 74.9 cm³/mol. The second kappa shape index (κ2) is 6.17. The van der Waals surface area contributed by atoms with Crippen molar-refractivity contribution in [1.29, 1.82) is 0 Å². The average Bonchev–Trinajstić information content (AvgIpc) is 2.42. The van der Waals surface area contributed by atoms with Crippen molar-refractivity contribution in [2.24, 2.45) is 0 Å². The van der Waals surface area contributed by atoms with Crippen LogP contribution in [-0.4, -0.2) is 5.91 Å². The molecule has 22 heavy (non-hydrogen) atoms. The second-order valence-electron chi connectivity index (χ2n) is 4.88. The van der Waals surface area contributed by atoms with Crippen molar-refractivity contribution >= 4 is 11.6 Å². The summed E-state index contributed by atoms with van der Waals surface area (Å²) >= 11 is 0. The van der Waals surface area contributed by atoms with Gasteiger partial charge in [-0.3, -0.25) is 4.79 Å². The Morgan fingerprint density at radius 2 is 1.86 bits per heavy atom. The van der Waals surface area contributed by atoms with Gasteiger partial charge < -0.3 is 5.32 Å². The molecule has 0 bridgehead atoms. The molecule has 0 aliphatic rings. The number of benzene rings is 2. The highest BCUT2D eigenvalue weighted by molar-refractivity contribution is 5.92. The summed E-state index contributed by atoms with van der Waals surface area (Å²) in [4.78, 5) is 11.9. The van der Waals surface area contributed by atoms with Gasteiger partial charge in [-0.05, 0) is 36.2 Å². The molecule has 0 spiro atoms. The standard InChI is InChI=1S/C16H13F4NO/c1-10-5-6-13(17)9-14(10)21-15(22)8-11-3-2-4-12(7-11)16(18,19)20/h2-7,9H,8H2,1H3,(H,21,22). The van der Waals surface area contributed by atoms with E-state index in [1.807, 2.05) is 0 Å². The highest BCUT2D eigenvalue weighted by atomic mass is 19.4. The molecule has 0 aromatic heterocycles. The lowest BCUT2D eigenvalue weighted by Gasteiger charge is -2.10. The first-order chi connectivity index (χ1) is 10.3. The van der Waals surface area contributed by atoms with E-state index < -0.39 is 23.5 Å².